The van der Waals surface area contributed by atoms with Crippen LogP contribution in [-0.4, -0.2) is 23.8 Å². The lowest BCUT2D eigenvalue weighted by Gasteiger charge is -2.28. The molecule has 1 atom stereocenters. The van der Waals surface area contributed by atoms with Gasteiger partial charge in [-0.1, -0.05) is 55.8 Å². The van der Waals surface area contributed by atoms with Crippen molar-refractivity contribution in [2.45, 2.75) is 46.6 Å². The summed E-state index contributed by atoms with van der Waals surface area (Å²) in [5, 5.41) is 0. The van der Waals surface area contributed by atoms with Crippen LogP contribution in [0, 0.1) is 19.3 Å². The zero-order valence-electron chi connectivity index (χ0n) is 15.7. The Morgan fingerprint density at radius 1 is 1.08 bits per heavy atom. The van der Waals surface area contributed by atoms with Crippen LogP contribution in [0.5, 0.6) is 0 Å². The topological polar surface area (TPSA) is 20.3 Å². The van der Waals surface area contributed by atoms with E-state index in [1.54, 1.807) is 0 Å². The quantitative estimate of drug-likeness (QED) is 0.678. The fourth-order valence-corrected chi connectivity index (χ4v) is 4.11. The van der Waals surface area contributed by atoms with Gasteiger partial charge < -0.3 is 0 Å². The summed E-state index contributed by atoms with van der Waals surface area (Å²) in [7, 11) is 0. The first-order valence-corrected chi connectivity index (χ1v) is 9.42. The van der Waals surface area contributed by atoms with Crippen LogP contribution in [0.25, 0.3) is 0 Å². The lowest BCUT2D eigenvalue weighted by molar-refractivity contribution is 0.0780. The molecule has 0 radical (unpaired) electrons. The molecule has 3 rings (SSSR count). The first kappa shape index (κ1) is 17.9. The van der Waals surface area contributed by atoms with Gasteiger partial charge in [-0.05, 0) is 56.0 Å². The van der Waals surface area contributed by atoms with Crippen molar-refractivity contribution >= 4 is 5.78 Å². The summed E-state index contributed by atoms with van der Waals surface area (Å²) in [4.78, 5) is 15.8. The van der Waals surface area contributed by atoms with Crippen molar-refractivity contribution in [3.63, 3.8) is 0 Å². The lowest BCUT2D eigenvalue weighted by Crippen LogP contribution is -2.35. The molecule has 1 fully saturated rings. The molecule has 1 saturated heterocycles. The molecule has 2 nitrogen and oxygen atoms in total. The van der Waals surface area contributed by atoms with Crippen LogP contribution in [0.15, 0.2) is 48.5 Å². The van der Waals surface area contributed by atoms with E-state index in [-0.39, 0.29) is 5.41 Å². The molecule has 1 aliphatic rings. The van der Waals surface area contributed by atoms with E-state index in [2.05, 4.69) is 68.1 Å². The predicted molar refractivity (Wildman–Crippen MR) is 104 cm³/mol. The van der Waals surface area contributed by atoms with Crippen LogP contribution < -0.4 is 0 Å². The number of hydrogen-bond donors (Lipinski definition) is 0. The van der Waals surface area contributed by atoms with Gasteiger partial charge in [0.15, 0.2) is 5.78 Å². The van der Waals surface area contributed by atoms with Crippen molar-refractivity contribution in [1.29, 1.82) is 0 Å². The van der Waals surface area contributed by atoms with Crippen molar-refractivity contribution in [1.82, 2.24) is 4.90 Å². The second-order valence-corrected chi connectivity index (χ2v) is 7.60. The average molecular weight is 335 g/mol. The normalized spacial score (nSPS) is 20.8. The molecule has 1 unspecified atom stereocenters. The lowest BCUT2D eigenvalue weighted by atomic mass is 9.75. The molecule has 0 amide bonds. The van der Waals surface area contributed by atoms with Gasteiger partial charge in [0, 0.05) is 24.1 Å². The molecule has 25 heavy (non-hydrogen) atoms. The smallest absolute Gasteiger partial charge is 0.170 e. The highest BCUT2D eigenvalue weighted by Gasteiger charge is 2.43. The number of carbonyl (C=O) groups excluding carboxylic acids is 1. The fraction of sp³-hybridized carbons (Fsp3) is 0.435. The summed E-state index contributed by atoms with van der Waals surface area (Å²) in [6, 6.07) is 16.7. The monoisotopic (exact) mass is 335 g/mol. The number of nitrogens with zero attached hydrogens (tertiary/aromatic N) is 1. The third-order valence-electron chi connectivity index (χ3n) is 5.66. The maximum atomic E-state index is 13.4. The maximum absolute atomic E-state index is 13.4. The Bertz CT molecular complexity index is 737. The summed E-state index contributed by atoms with van der Waals surface area (Å²) in [6.07, 6.45) is 3.00. The summed E-state index contributed by atoms with van der Waals surface area (Å²) in [5.41, 5.74) is 4.45. The molecule has 0 spiro atoms. The van der Waals surface area contributed by atoms with E-state index in [0.29, 0.717) is 5.78 Å². The van der Waals surface area contributed by atoms with Gasteiger partial charge in [-0.2, -0.15) is 0 Å². The van der Waals surface area contributed by atoms with Crippen molar-refractivity contribution in [3.05, 3.63) is 70.8 Å². The third kappa shape index (κ3) is 3.85. The summed E-state index contributed by atoms with van der Waals surface area (Å²) >= 11 is 0. The molecule has 0 bridgehead atoms. The van der Waals surface area contributed by atoms with E-state index in [4.69, 9.17) is 0 Å². The van der Waals surface area contributed by atoms with Crippen LogP contribution in [-0.2, 0) is 6.54 Å². The molecule has 0 N–H and O–H groups in total. The average Bonchev–Trinajstić information content (AvgIpc) is 3.02. The number of benzene rings is 2. The van der Waals surface area contributed by atoms with Crippen molar-refractivity contribution in [2.75, 3.05) is 13.1 Å². The van der Waals surface area contributed by atoms with Gasteiger partial charge in [0.25, 0.3) is 0 Å². The van der Waals surface area contributed by atoms with E-state index in [1.807, 2.05) is 6.07 Å². The fourth-order valence-electron chi connectivity index (χ4n) is 4.11. The molecule has 0 aliphatic carbocycles. The van der Waals surface area contributed by atoms with Crippen molar-refractivity contribution in [3.8, 4) is 0 Å². The second-order valence-electron chi connectivity index (χ2n) is 7.60. The minimum absolute atomic E-state index is 0.217. The third-order valence-corrected chi connectivity index (χ3v) is 5.66. The zero-order chi connectivity index (χ0) is 17.9. The van der Waals surface area contributed by atoms with Crippen molar-refractivity contribution in [2.24, 2.45) is 5.41 Å². The van der Waals surface area contributed by atoms with Crippen LogP contribution in [0.2, 0.25) is 0 Å². The van der Waals surface area contributed by atoms with Gasteiger partial charge in [-0.3, -0.25) is 9.69 Å². The summed E-state index contributed by atoms with van der Waals surface area (Å²) in [5.74, 6) is 0.341. The molecular weight excluding hydrogens is 306 g/mol. The van der Waals surface area contributed by atoms with Gasteiger partial charge in [0.05, 0.1) is 0 Å². The van der Waals surface area contributed by atoms with E-state index >= 15 is 0 Å². The minimum Gasteiger partial charge on any atom is -0.298 e. The van der Waals surface area contributed by atoms with Gasteiger partial charge in [-0.15, -0.1) is 0 Å². The molecule has 2 heteroatoms. The van der Waals surface area contributed by atoms with Crippen LogP contribution in [0.4, 0.5) is 0 Å². The predicted octanol–water partition coefficient (Wildman–Crippen LogP) is 5.18. The van der Waals surface area contributed by atoms with Gasteiger partial charge in [-0.25, -0.2) is 0 Å². The number of rotatable bonds is 6. The summed E-state index contributed by atoms with van der Waals surface area (Å²) < 4.78 is 0. The Hall–Kier alpha value is -1.93. The van der Waals surface area contributed by atoms with E-state index in [9.17, 15) is 4.79 Å². The Labute approximate surface area is 151 Å². The Morgan fingerprint density at radius 2 is 1.84 bits per heavy atom. The summed E-state index contributed by atoms with van der Waals surface area (Å²) in [6.45, 7) is 9.20. The number of Topliss-reactive ketones (excluding diaryl/α,β-unsaturated/α-hetero) is 1. The second kappa shape index (κ2) is 7.53. The molecule has 2 aromatic rings. The maximum Gasteiger partial charge on any atom is 0.170 e. The highest BCUT2D eigenvalue weighted by atomic mass is 16.1. The van der Waals surface area contributed by atoms with Crippen LogP contribution in [0.3, 0.4) is 0 Å². The van der Waals surface area contributed by atoms with Crippen LogP contribution in [0.1, 0.15) is 53.2 Å². The molecule has 1 heterocycles. The molecule has 0 aromatic heterocycles. The number of hydrogen-bond acceptors (Lipinski definition) is 2. The highest BCUT2D eigenvalue weighted by Crippen LogP contribution is 2.39. The first-order chi connectivity index (χ1) is 12.0. The van der Waals surface area contributed by atoms with Crippen molar-refractivity contribution < 1.29 is 4.79 Å². The Kier molecular flexibility index (Phi) is 5.39. The number of carbonyl (C=O) groups is 1. The SMILES string of the molecule is CCCC1(C(=O)c2ccc(C)c(C)c2)CCN(Cc2ccccc2)C1. The first-order valence-electron chi connectivity index (χ1n) is 9.42. The van der Waals surface area contributed by atoms with Gasteiger partial charge >= 0.3 is 0 Å². The Morgan fingerprint density at radius 3 is 2.52 bits per heavy atom. The zero-order valence-corrected chi connectivity index (χ0v) is 15.7. The number of aryl methyl sites for hydroxylation is 2. The van der Waals surface area contributed by atoms with Crippen LogP contribution >= 0.6 is 0 Å². The molecule has 0 saturated carbocycles. The standard InChI is InChI=1S/C23H29NO/c1-4-12-23(22(25)21-11-10-18(2)19(3)15-21)13-14-24(17-23)16-20-8-6-5-7-9-20/h5-11,15H,4,12-14,16-17H2,1-3H3. The minimum atomic E-state index is -0.217. The Balaban J connectivity index is 1.80. The largest absolute Gasteiger partial charge is 0.298 e. The van der Waals surface area contributed by atoms with Gasteiger partial charge in [0.1, 0.15) is 0 Å². The number of likely N-dealkylation sites (tertiary alicyclic amines) is 1. The molecule has 1 aliphatic heterocycles. The van der Waals surface area contributed by atoms with E-state index in [0.717, 1.165) is 44.5 Å². The molecular formula is C23H29NO. The highest BCUT2D eigenvalue weighted by molar-refractivity contribution is 6.01. The molecule has 132 valence electrons. The molecule has 2 aromatic carbocycles. The van der Waals surface area contributed by atoms with E-state index < -0.39 is 0 Å². The van der Waals surface area contributed by atoms with Gasteiger partial charge in [0.2, 0.25) is 0 Å². The number of ketones is 1. The van der Waals surface area contributed by atoms with E-state index in [1.165, 1.54) is 16.7 Å².